The number of amides is 2. The van der Waals surface area contributed by atoms with E-state index in [9.17, 15) is 9.59 Å². The van der Waals surface area contributed by atoms with Gasteiger partial charge in [0.15, 0.2) is 0 Å². The molecule has 0 aromatic heterocycles. The molecule has 0 aliphatic heterocycles. The molecule has 2 amide bonds. The largest absolute Gasteiger partial charge is 0.349 e. The Morgan fingerprint density at radius 2 is 1.73 bits per heavy atom. The van der Waals surface area contributed by atoms with Gasteiger partial charge in [0, 0.05) is 16.5 Å². The molecule has 1 fully saturated rings. The molecule has 1 unspecified atom stereocenters. The summed E-state index contributed by atoms with van der Waals surface area (Å²) in [5, 5.41) is 5.94. The number of thioether (sulfide) groups is 1. The summed E-state index contributed by atoms with van der Waals surface area (Å²) in [6, 6.07) is 15.8. The minimum atomic E-state index is -0.0747. The predicted octanol–water partition coefficient (Wildman–Crippen LogP) is 4.31. The van der Waals surface area contributed by atoms with Crippen LogP contribution in [0.1, 0.15) is 36.9 Å². The average molecular weight is 369 g/mol. The van der Waals surface area contributed by atoms with Gasteiger partial charge in [0.2, 0.25) is 11.8 Å². The summed E-state index contributed by atoms with van der Waals surface area (Å²) in [6.07, 6.45) is 1.99. The first-order valence-electron chi connectivity index (χ1n) is 8.91. The predicted molar refractivity (Wildman–Crippen MR) is 106 cm³/mol. The van der Waals surface area contributed by atoms with Crippen LogP contribution in [-0.2, 0) is 9.59 Å². The Hall–Kier alpha value is -2.27. The number of anilines is 1. The average Bonchev–Trinajstić information content (AvgIpc) is 3.47. The maximum atomic E-state index is 12.2. The number of hydrogen-bond donors (Lipinski definition) is 2. The van der Waals surface area contributed by atoms with E-state index in [0.29, 0.717) is 5.75 Å². The Balaban J connectivity index is 1.47. The molecule has 1 aliphatic rings. The number of benzene rings is 2. The highest BCUT2D eigenvalue weighted by atomic mass is 32.2. The highest BCUT2D eigenvalue weighted by Gasteiger charge is 2.29. The van der Waals surface area contributed by atoms with E-state index >= 15 is 0 Å². The van der Waals surface area contributed by atoms with Gasteiger partial charge < -0.3 is 10.6 Å². The number of carbonyl (C=O) groups is 2. The van der Waals surface area contributed by atoms with Gasteiger partial charge in [0.05, 0.1) is 11.8 Å². The molecule has 5 heteroatoms. The molecule has 0 spiro atoms. The van der Waals surface area contributed by atoms with Crippen molar-refractivity contribution in [2.24, 2.45) is 5.92 Å². The SMILES string of the molecule is Cc1ccc(SCC(=O)NC(C)c2ccc(NC(=O)C3CC3)cc2)cc1. The molecule has 1 aliphatic carbocycles. The molecule has 1 atom stereocenters. The van der Waals surface area contributed by atoms with E-state index in [2.05, 4.69) is 10.6 Å². The maximum Gasteiger partial charge on any atom is 0.230 e. The summed E-state index contributed by atoms with van der Waals surface area (Å²) in [6.45, 7) is 4.01. The van der Waals surface area contributed by atoms with Gasteiger partial charge in [0.1, 0.15) is 0 Å². The first-order chi connectivity index (χ1) is 12.5. The molecule has 3 rings (SSSR count). The summed E-state index contributed by atoms with van der Waals surface area (Å²) in [4.78, 5) is 25.0. The van der Waals surface area contributed by atoms with Gasteiger partial charge in [-0.25, -0.2) is 0 Å². The molecule has 0 saturated heterocycles. The van der Waals surface area contributed by atoms with Crippen LogP contribution < -0.4 is 10.6 Å². The zero-order chi connectivity index (χ0) is 18.5. The second-order valence-electron chi connectivity index (χ2n) is 6.78. The summed E-state index contributed by atoms with van der Waals surface area (Å²) in [5.74, 6) is 0.698. The molecule has 4 nitrogen and oxygen atoms in total. The molecule has 136 valence electrons. The second kappa shape index (κ2) is 8.41. The van der Waals surface area contributed by atoms with Crippen molar-refractivity contribution < 1.29 is 9.59 Å². The third-order valence-electron chi connectivity index (χ3n) is 4.39. The Labute approximate surface area is 158 Å². The lowest BCUT2D eigenvalue weighted by atomic mass is 10.1. The van der Waals surface area contributed by atoms with Gasteiger partial charge >= 0.3 is 0 Å². The van der Waals surface area contributed by atoms with E-state index in [4.69, 9.17) is 0 Å². The third-order valence-corrected chi connectivity index (χ3v) is 5.41. The van der Waals surface area contributed by atoms with Gasteiger partial charge in [-0.3, -0.25) is 9.59 Å². The molecular formula is C21H24N2O2S. The highest BCUT2D eigenvalue weighted by molar-refractivity contribution is 8.00. The van der Waals surface area contributed by atoms with Crippen molar-refractivity contribution in [2.45, 2.75) is 37.6 Å². The van der Waals surface area contributed by atoms with E-state index in [1.165, 1.54) is 17.3 Å². The second-order valence-corrected chi connectivity index (χ2v) is 7.83. The normalized spacial score (nSPS) is 14.5. The van der Waals surface area contributed by atoms with Crippen LogP contribution in [-0.4, -0.2) is 17.6 Å². The minimum Gasteiger partial charge on any atom is -0.349 e. The fourth-order valence-electron chi connectivity index (χ4n) is 2.59. The molecule has 1 saturated carbocycles. The monoisotopic (exact) mass is 368 g/mol. The van der Waals surface area contributed by atoms with E-state index < -0.39 is 0 Å². The summed E-state index contributed by atoms with van der Waals surface area (Å²) in [7, 11) is 0. The van der Waals surface area contributed by atoms with Crippen molar-refractivity contribution >= 4 is 29.3 Å². The van der Waals surface area contributed by atoms with Crippen LogP contribution in [0.4, 0.5) is 5.69 Å². The number of nitrogens with one attached hydrogen (secondary N) is 2. The van der Waals surface area contributed by atoms with Gasteiger partial charge in [-0.05, 0) is 56.5 Å². The molecule has 0 heterocycles. The van der Waals surface area contributed by atoms with Gasteiger partial charge in [-0.15, -0.1) is 11.8 Å². The van der Waals surface area contributed by atoms with E-state index in [1.807, 2.05) is 62.4 Å². The Bertz CT molecular complexity index is 768. The Morgan fingerprint density at radius 3 is 2.35 bits per heavy atom. The summed E-state index contributed by atoms with van der Waals surface area (Å²) in [5.41, 5.74) is 3.03. The Kier molecular flexibility index (Phi) is 5.99. The fraction of sp³-hybridized carbons (Fsp3) is 0.333. The van der Waals surface area contributed by atoms with Crippen molar-refractivity contribution in [2.75, 3.05) is 11.1 Å². The van der Waals surface area contributed by atoms with Crippen molar-refractivity contribution in [3.05, 3.63) is 59.7 Å². The number of rotatable bonds is 7. The molecule has 2 aromatic rings. The number of carbonyl (C=O) groups excluding carboxylic acids is 2. The highest BCUT2D eigenvalue weighted by Crippen LogP contribution is 2.30. The van der Waals surface area contributed by atoms with Crippen LogP contribution in [0.5, 0.6) is 0 Å². The van der Waals surface area contributed by atoms with Gasteiger partial charge in [0.25, 0.3) is 0 Å². The standard InChI is InChI=1S/C21H24N2O2S/c1-14-3-11-19(12-4-14)26-13-20(24)22-15(2)16-7-9-18(10-8-16)23-21(25)17-5-6-17/h3-4,7-12,15,17H,5-6,13H2,1-2H3,(H,22,24)(H,23,25). The number of aryl methyl sites for hydroxylation is 1. The zero-order valence-electron chi connectivity index (χ0n) is 15.1. The van der Waals surface area contributed by atoms with Gasteiger partial charge in [-0.1, -0.05) is 29.8 Å². The lowest BCUT2D eigenvalue weighted by Crippen LogP contribution is -2.28. The van der Waals surface area contributed by atoms with Crippen LogP contribution in [0.3, 0.4) is 0 Å². The van der Waals surface area contributed by atoms with Crippen LogP contribution in [0.25, 0.3) is 0 Å². The van der Waals surface area contributed by atoms with E-state index in [-0.39, 0.29) is 23.8 Å². The molecular weight excluding hydrogens is 344 g/mol. The molecule has 26 heavy (non-hydrogen) atoms. The van der Waals surface area contributed by atoms with Gasteiger partial charge in [-0.2, -0.15) is 0 Å². The summed E-state index contributed by atoms with van der Waals surface area (Å²) < 4.78 is 0. The lowest BCUT2D eigenvalue weighted by molar-refractivity contribution is -0.119. The smallest absolute Gasteiger partial charge is 0.230 e. The molecule has 2 N–H and O–H groups in total. The van der Waals surface area contributed by atoms with Crippen LogP contribution >= 0.6 is 11.8 Å². The quantitative estimate of drug-likeness (QED) is 0.716. The zero-order valence-corrected chi connectivity index (χ0v) is 15.9. The molecule has 0 bridgehead atoms. The lowest BCUT2D eigenvalue weighted by Gasteiger charge is -2.15. The number of hydrogen-bond acceptors (Lipinski definition) is 3. The molecule has 0 radical (unpaired) electrons. The van der Waals surface area contributed by atoms with Crippen molar-refractivity contribution in [3.63, 3.8) is 0 Å². The maximum absolute atomic E-state index is 12.2. The van der Waals surface area contributed by atoms with Crippen LogP contribution in [0.2, 0.25) is 0 Å². The first-order valence-corrected chi connectivity index (χ1v) is 9.89. The first kappa shape index (κ1) is 18.5. The van der Waals surface area contributed by atoms with E-state index in [0.717, 1.165) is 29.0 Å². The van der Waals surface area contributed by atoms with Crippen LogP contribution in [0.15, 0.2) is 53.4 Å². The Morgan fingerprint density at radius 1 is 1.08 bits per heavy atom. The summed E-state index contributed by atoms with van der Waals surface area (Å²) >= 11 is 1.53. The van der Waals surface area contributed by atoms with E-state index in [1.54, 1.807) is 0 Å². The van der Waals surface area contributed by atoms with Crippen molar-refractivity contribution in [1.82, 2.24) is 5.32 Å². The van der Waals surface area contributed by atoms with Crippen molar-refractivity contribution in [1.29, 1.82) is 0 Å². The molecule has 2 aromatic carbocycles. The topological polar surface area (TPSA) is 58.2 Å². The fourth-order valence-corrected chi connectivity index (χ4v) is 3.30. The minimum absolute atomic E-state index is 0.00851. The van der Waals surface area contributed by atoms with Crippen LogP contribution in [0, 0.1) is 12.8 Å². The third kappa shape index (κ3) is 5.36. The van der Waals surface area contributed by atoms with Crippen molar-refractivity contribution in [3.8, 4) is 0 Å².